The molecule has 1 aliphatic rings. The molecule has 23 heavy (non-hydrogen) atoms. The van der Waals surface area contributed by atoms with Gasteiger partial charge in [-0.1, -0.05) is 30.3 Å². The zero-order valence-electron chi connectivity index (χ0n) is 13.2. The van der Waals surface area contributed by atoms with Gasteiger partial charge in [0.25, 0.3) is 0 Å². The molecule has 4 rings (SSSR count). The highest BCUT2D eigenvalue weighted by Crippen LogP contribution is 2.28. The molecule has 0 bridgehead atoms. The Morgan fingerprint density at radius 2 is 2.09 bits per heavy atom. The summed E-state index contributed by atoms with van der Waals surface area (Å²) in [6, 6.07) is 10.4. The van der Waals surface area contributed by atoms with Crippen molar-refractivity contribution in [1.82, 2.24) is 14.8 Å². The lowest BCUT2D eigenvalue weighted by molar-refractivity contribution is 0.687. The third kappa shape index (κ3) is 3.15. The average molecular weight is 324 g/mol. The molecule has 1 aliphatic carbocycles. The minimum Gasteiger partial charge on any atom is -0.362 e. The summed E-state index contributed by atoms with van der Waals surface area (Å²) in [5.74, 6) is 0.955. The van der Waals surface area contributed by atoms with Crippen LogP contribution in [0.25, 0.3) is 0 Å². The number of fused-ring (bicyclic) bond motifs is 1. The summed E-state index contributed by atoms with van der Waals surface area (Å²) in [7, 11) is 0. The van der Waals surface area contributed by atoms with Gasteiger partial charge in [0.15, 0.2) is 5.82 Å². The lowest BCUT2D eigenvalue weighted by atomic mass is 10.2. The minimum atomic E-state index is 0.765. The summed E-state index contributed by atoms with van der Waals surface area (Å²) in [6.45, 7) is 3.66. The first-order chi connectivity index (χ1) is 11.3. The van der Waals surface area contributed by atoms with Crippen LogP contribution in [-0.2, 0) is 25.9 Å². The second-order valence-corrected chi connectivity index (χ2v) is 7.20. The van der Waals surface area contributed by atoms with Crippen molar-refractivity contribution in [2.75, 3.05) is 5.32 Å². The van der Waals surface area contributed by atoms with E-state index in [0.717, 1.165) is 25.3 Å². The van der Waals surface area contributed by atoms with E-state index in [1.165, 1.54) is 39.5 Å². The number of hydrogen-bond donors (Lipinski definition) is 1. The topological polar surface area (TPSA) is 42.7 Å². The molecule has 3 aromatic rings. The summed E-state index contributed by atoms with van der Waals surface area (Å²) in [6.07, 6.45) is 5.72. The number of nitrogens with zero attached hydrogens (tertiary/aromatic N) is 3. The molecular weight excluding hydrogens is 304 g/mol. The number of rotatable bonds is 5. The van der Waals surface area contributed by atoms with Gasteiger partial charge in [-0.15, -0.1) is 11.3 Å². The number of benzene rings is 1. The molecule has 5 heteroatoms. The molecule has 0 atom stereocenters. The molecule has 0 unspecified atom stereocenters. The number of hydrogen-bond acceptors (Lipinski definition) is 4. The van der Waals surface area contributed by atoms with Crippen LogP contribution in [0, 0.1) is 6.92 Å². The van der Waals surface area contributed by atoms with Crippen LogP contribution in [0.2, 0.25) is 0 Å². The van der Waals surface area contributed by atoms with Gasteiger partial charge in [0.1, 0.15) is 5.01 Å². The maximum absolute atomic E-state index is 4.73. The Morgan fingerprint density at radius 3 is 2.91 bits per heavy atom. The number of nitrogens with one attached hydrogen (secondary N) is 1. The lowest BCUT2D eigenvalue weighted by Gasteiger charge is -2.02. The van der Waals surface area contributed by atoms with Gasteiger partial charge in [0.2, 0.25) is 0 Å². The Bertz CT molecular complexity index is 782. The van der Waals surface area contributed by atoms with E-state index in [0.29, 0.717) is 0 Å². The van der Waals surface area contributed by atoms with E-state index in [4.69, 9.17) is 4.98 Å². The second kappa shape index (κ2) is 6.16. The Kier molecular flexibility index (Phi) is 3.87. The Hall–Kier alpha value is -2.14. The zero-order chi connectivity index (χ0) is 15.6. The van der Waals surface area contributed by atoms with Crippen molar-refractivity contribution in [3.8, 4) is 0 Å². The Balaban J connectivity index is 1.42. The van der Waals surface area contributed by atoms with Crippen molar-refractivity contribution in [1.29, 1.82) is 0 Å². The molecule has 118 valence electrons. The highest BCUT2D eigenvalue weighted by Gasteiger charge is 2.16. The lowest BCUT2D eigenvalue weighted by Crippen LogP contribution is -2.04. The highest BCUT2D eigenvalue weighted by atomic mass is 32.1. The number of thiazole rings is 1. The van der Waals surface area contributed by atoms with Crippen LogP contribution in [0.3, 0.4) is 0 Å². The van der Waals surface area contributed by atoms with Crippen molar-refractivity contribution in [3.05, 3.63) is 63.2 Å². The summed E-state index contributed by atoms with van der Waals surface area (Å²) in [5.41, 5.74) is 3.75. The quantitative estimate of drug-likeness (QED) is 0.776. The first-order valence-corrected chi connectivity index (χ1v) is 8.89. The van der Waals surface area contributed by atoms with Crippen molar-refractivity contribution >= 4 is 17.2 Å². The summed E-state index contributed by atoms with van der Waals surface area (Å²) < 4.78 is 1.99. The second-order valence-electron chi connectivity index (χ2n) is 6.03. The van der Waals surface area contributed by atoms with Gasteiger partial charge >= 0.3 is 0 Å². The van der Waals surface area contributed by atoms with Gasteiger partial charge in [-0.25, -0.2) is 4.98 Å². The smallest absolute Gasteiger partial charge is 0.151 e. The van der Waals surface area contributed by atoms with Gasteiger partial charge in [-0.05, 0) is 31.7 Å². The van der Waals surface area contributed by atoms with Crippen molar-refractivity contribution in [2.24, 2.45) is 0 Å². The van der Waals surface area contributed by atoms with Gasteiger partial charge in [-0.3, -0.25) is 4.68 Å². The average Bonchev–Trinajstić information content (AvgIpc) is 3.21. The van der Waals surface area contributed by atoms with Crippen molar-refractivity contribution < 1.29 is 0 Å². The van der Waals surface area contributed by atoms with Crippen LogP contribution in [-0.4, -0.2) is 14.8 Å². The van der Waals surface area contributed by atoms with E-state index in [2.05, 4.69) is 47.8 Å². The van der Waals surface area contributed by atoms with Gasteiger partial charge < -0.3 is 5.32 Å². The minimum absolute atomic E-state index is 0.765. The monoisotopic (exact) mass is 324 g/mol. The van der Waals surface area contributed by atoms with Gasteiger partial charge in [0.05, 0.1) is 18.8 Å². The first kappa shape index (κ1) is 14.5. The van der Waals surface area contributed by atoms with E-state index in [-0.39, 0.29) is 0 Å². The van der Waals surface area contributed by atoms with Crippen LogP contribution >= 0.6 is 11.3 Å². The SMILES string of the molecule is Cc1cn(Cc2ccccc2)nc1NCc1nc2c(s1)CCC2. The van der Waals surface area contributed by atoms with Crippen molar-refractivity contribution in [3.63, 3.8) is 0 Å². The molecule has 0 amide bonds. The molecule has 1 N–H and O–H groups in total. The van der Waals surface area contributed by atoms with Crippen LogP contribution in [0.1, 0.15) is 33.1 Å². The van der Waals surface area contributed by atoms with E-state index in [1.807, 2.05) is 22.1 Å². The van der Waals surface area contributed by atoms with Crippen LogP contribution in [0.4, 0.5) is 5.82 Å². The third-order valence-electron chi connectivity index (χ3n) is 4.18. The largest absolute Gasteiger partial charge is 0.362 e. The van der Waals surface area contributed by atoms with Crippen LogP contribution in [0.15, 0.2) is 36.5 Å². The van der Waals surface area contributed by atoms with E-state index < -0.39 is 0 Å². The number of aromatic nitrogens is 3. The summed E-state index contributed by atoms with van der Waals surface area (Å²) in [5, 5.41) is 9.28. The molecule has 2 heterocycles. The molecule has 0 spiro atoms. The fraction of sp³-hybridized carbons (Fsp3) is 0.333. The summed E-state index contributed by atoms with van der Waals surface area (Å²) in [4.78, 5) is 6.21. The molecular formula is C18H20N4S. The van der Waals surface area contributed by atoms with E-state index in [1.54, 1.807) is 0 Å². The molecule has 2 aromatic heterocycles. The predicted molar refractivity (Wildman–Crippen MR) is 94.0 cm³/mol. The molecule has 0 aliphatic heterocycles. The molecule has 0 fully saturated rings. The fourth-order valence-corrected chi connectivity index (χ4v) is 4.12. The maximum Gasteiger partial charge on any atom is 0.151 e. The van der Waals surface area contributed by atoms with Crippen LogP contribution in [0.5, 0.6) is 0 Å². The van der Waals surface area contributed by atoms with E-state index in [9.17, 15) is 0 Å². The molecule has 0 saturated carbocycles. The molecule has 0 radical (unpaired) electrons. The Morgan fingerprint density at radius 1 is 1.22 bits per heavy atom. The van der Waals surface area contributed by atoms with E-state index >= 15 is 0 Å². The van der Waals surface area contributed by atoms with Gasteiger partial charge in [-0.2, -0.15) is 5.10 Å². The molecule has 1 aromatic carbocycles. The third-order valence-corrected chi connectivity index (χ3v) is 5.34. The Labute approximate surface area is 140 Å². The van der Waals surface area contributed by atoms with Crippen LogP contribution < -0.4 is 5.32 Å². The normalized spacial score (nSPS) is 13.3. The molecule has 4 nitrogen and oxygen atoms in total. The van der Waals surface area contributed by atoms with Crippen molar-refractivity contribution in [2.45, 2.75) is 39.3 Å². The summed E-state index contributed by atoms with van der Waals surface area (Å²) >= 11 is 1.85. The maximum atomic E-state index is 4.73. The fourth-order valence-electron chi connectivity index (χ4n) is 3.03. The van der Waals surface area contributed by atoms with Gasteiger partial charge in [0, 0.05) is 16.6 Å². The predicted octanol–water partition coefficient (Wildman–Crippen LogP) is 3.80. The zero-order valence-corrected chi connectivity index (χ0v) is 14.1. The number of aryl methyl sites for hydroxylation is 3. The molecule has 0 saturated heterocycles. The number of anilines is 1. The standard InChI is InChI=1S/C18H20N4S/c1-13-11-22(12-14-6-3-2-4-7-14)21-18(13)19-10-17-20-15-8-5-9-16(15)23-17/h2-4,6-7,11H,5,8-10,12H2,1H3,(H,19,21). The highest BCUT2D eigenvalue weighted by molar-refractivity contribution is 7.11. The first-order valence-electron chi connectivity index (χ1n) is 8.07.